The molecule has 0 aliphatic rings. The fourth-order valence-corrected chi connectivity index (χ4v) is 14.2. The van der Waals surface area contributed by atoms with Gasteiger partial charge in [0.15, 0.2) is 16.6 Å². The van der Waals surface area contributed by atoms with Gasteiger partial charge in [0.2, 0.25) is 0 Å². The van der Waals surface area contributed by atoms with Crippen LogP contribution in [0.1, 0.15) is 107 Å². The molecule has 306 valence electrons. The monoisotopic (exact) mass is 805 g/mol. The molecule has 0 fully saturated rings. The summed E-state index contributed by atoms with van der Waals surface area (Å²) in [5.74, 6) is 0.434. The maximum absolute atomic E-state index is 13.5. The third-order valence-corrected chi connectivity index (χ3v) is 26.3. The van der Waals surface area contributed by atoms with Gasteiger partial charge in [-0.15, -0.1) is 0 Å². The smallest absolute Gasteiger partial charge is 0.261 e. The van der Waals surface area contributed by atoms with E-state index in [0.717, 1.165) is 18.4 Å². The minimum Gasteiger partial charge on any atom is -0.414 e. The lowest BCUT2D eigenvalue weighted by molar-refractivity contribution is -0.120. The molecular formula is C47H76O5Si3. The van der Waals surface area contributed by atoms with Gasteiger partial charge in [0, 0.05) is 31.5 Å². The normalized spacial score (nSPS) is 15.1. The molecule has 55 heavy (non-hydrogen) atoms. The Hall–Kier alpha value is -2.18. The Balaban J connectivity index is 1.74. The first kappa shape index (κ1) is 47.2. The summed E-state index contributed by atoms with van der Waals surface area (Å²) in [6.45, 7) is 33.8. The van der Waals surface area contributed by atoms with Gasteiger partial charge in [-0.05, 0) is 76.5 Å². The second-order valence-electron chi connectivity index (χ2n) is 19.8. The summed E-state index contributed by atoms with van der Waals surface area (Å²) < 4.78 is 27.6. The molecule has 0 bridgehead atoms. The first-order valence-corrected chi connectivity index (χ1v) is 28.5. The van der Waals surface area contributed by atoms with Crippen LogP contribution < -0.4 is 10.4 Å². The number of hydrogen-bond acceptors (Lipinski definition) is 5. The molecule has 3 rings (SSSR count). The molecule has 3 aromatic carbocycles. The van der Waals surface area contributed by atoms with E-state index in [9.17, 15) is 4.79 Å². The highest BCUT2D eigenvalue weighted by Crippen LogP contribution is 2.41. The fourth-order valence-electron chi connectivity index (χ4n) is 6.74. The number of carbonyl (C=O) groups excluding carboxylic acids is 1. The molecule has 0 amide bonds. The number of benzene rings is 3. The number of carbonyl (C=O) groups is 1. The molecular weight excluding hydrogens is 729 g/mol. The number of ether oxygens (including phenoxy) is 1. The summed E-state index contributed by atoms with van der Waals surface area (Å²) in [5, 5.41) is 2.62. The largest absolute Gasteiger partial charge is 0.414 e. The number of Topliss-reactive ketones (excluding diaryl/α,β-unsaturated/α-hetero) is 1. The van der Waals surface area contributed by atoms with Gasteiger partial charge < -0.3 is 18.0 Å². The van der Waals surface area contributed by atoms with Crippen LogP contribution in [0.4, 0.5) is 0 Å². The van der Waals surface area contributed by atoms with Crippen LogP contribution in [0.5, 0.6) is 0 Å². The summed E-state index contributed by atoms with van der Waals surface area (Å²) in [5.41, 5.74) is 1.14. The molecule has 0 radical (unpaired) electrons. The highest BCUT2D eigenvalue weighted by Gasteiger charge is 2.51. The Kier molecular flexibility index (Phi) is 17.2. The van der Waals surface area contributed by atoms with Crippen LogP contribution in [0.3, 0.4) is 0 Å². The van der Waals surface area contributed by atoms with E-state index in [1.807, 2.05) is 18.2 Å². The predicted octanol–water partition coefficient (Wildman–Crippen LogP) is 11.7. The Bertz CT molecular complexity index is 1520. The maximum atomic E-state index is 13.5. The standard InChI is InChI=1S/C47H76O5Si3/c1-38(35-50-55(47(8,9)10,42-28-20-16-21-29-42)43-30-22-17-23-31-43)44(52-54(13,14)46(5,6)7)32-24-27-40(48)33-34-41(51-53(11,12)45(2,3)4)37-49-36-39-25-18-15-19-26-39/h15-23,25-26,28-31,38,41,44H,24,27,32-37H2,1-14H3/t38-,41-,44-/m0/s1. The van der Waals surface area contributed by atoms with Crippen LogP contribution in [0.25, 0.3) is 0 Å². The molecule has 0 spiro atoms. The lowest BCUT2D eigenvalue weighted by atomic mass is 9.98. The van der Waals surface area contributed by atoms with Crippen molar-refractivity contribution in [3.05, 3.63) is 96.6 Å². The number of hydrogen-bond donors (Lipinski definition) is 0. The SMILES string of the molecule is C[C@@H](CO[Si](c1ccccc1)(c1ccccc1)C(C)(C)C)[C@H](CCCC(=O)CC[C@@H](COCc1ccccc1)O[Si](C)(C)C(C)(C)C)O[Si](C)(C)C(C)(C)C. The molecule has 0 saturated carbocycles. The summed E-state index contributed by atoms with van der Waals surface area (Å²) in [7, 11) is -6.86. The molecule has 0 aromatic heterocycles. The second kappa shape index (κ2) is 20.0. The van der Waals surface area contributed by atoms with Crippen LogP contribution in [-0.2, 0) is 29.4 Å². The lowest BCUT2D eigenvalue weighted by Gasteiger charge is -2.45. The first-order valence-electron chi connectivity index (χ1n) is 20.7. The van der Waals surface area contributed by atoms with Crippen LogP contribution in [0, 0.1) is 5.92 Å². The third-order valence-electron chi connectivity index (χ3n) is 12.2. The van der Waals surface area contributed by atoms with E-state index in [-0.39, 0.29) is 39.0 Å². The molecule has 3 atom stereocenters. The third kappa shape index (κ3) is 13.4. The van der Waals surface area contributed by atoms with E-state index in [1.165, 1.54) is 10.4 Å². The molecule has 0 heterocycles. The zero-order valence-corrected chi connectivity index (χ0v) is 40.1. The number of ketones is 1. The van der Waals surface area contributed by atoms with Crippen molar-refractivity contribution in [2.75, 3.05) is 13.2 Å². The quantitative estimate of drug-likeness (QED) is 0.100. The minimum atomic E-state index is -2.70. The average molecular weight is 805 g/mol. The van der Waals surface area contributed by atoms with Gasteiger partial charge >= 0.3 is 0 Å². The van der Waals surface area contributed by atoms with Crippen LogP contribution in [0.2, 0.25) is 41.3 Å². The van der Waals surface area contributed by atoms with Gasteiger partial charge in [0.05, 0.1) is 19.3 Å². The van der Waals surface area contributed by atoms with Crippen molar-refractivity contribution in [1.82, 2.24) is 0 Å². The highest BCUT2D eigenvalue weighted by molar-refractivity contribution is 6.99. The van der Waals surface area contributed by atoms with E-state index in [4.69, 9.17) is 18.0 Å². The Morgan fingerprint density at radius 3 is 1.55 bits per heavy atom. The molecule has 8 heteroatoms. The highest BCUT2D eigenvalue weighted by atomic mass is 28.4. The van der Waals surface area contributed by atoms with Gasteiger partial charge in [0.25, 0.3) is 8.32 Å². The van der Waals surface area contributed by atoms with Gasteiger partial charge in [-0.25, -0.2) is 0 Å². The summed E-state index contributed by atoms with van der Waals surface area (Å²) >= 11 is 0. The summed E-state index contributed by atoms with van der Waals surface area (Å²) in [6, 6.07) is 32.0. The molecule has 0 unspecified atom stereocenters. The zero-order chi connectivity index (χ0) is 41.1. The zero-order valence-electron chi connectivity index (χ0n) is 37.1. The van der Waals surface area contributed by atoms with E-state index in [2.05, 4.69) is 168 Å². The second-order valence-corrected chi connectivity index (χ2v) is 33.7. The first-order chi connectivity index (χ1) is 25.5. The van der Waals surface area contributed by atoms with Crippen molar-refractivity contribution in [2.45, 2.75) is 161 Å². The van der Waals surface area contributed by atoms with E-state index < -0.39 is 25.0 Å². The van der Waals surface area contributed by atoms with Crippen molar-refractivity contribution in [1.29, 1.82) is 0 Å². The molecule has 3 aromatic rings. The molecule has 0 aliphatic heterocycles. The van der Waals surface area contributed by atoms with Crippen LogP contribution in [0.15, 0.2) is 91.0 Å². The van der Waals surface area contributed by atoms with Gasteiger partial charge in [-0.2, -0.15) is 0 Å². The van der Waals surface area contributed by atoms with Crippen LogP contribution in [-0.4, -0.2) is 56.2 Å². The van der Waals surface area contributed by atoms with Crippen molar-refractivity contribution in [3.8, 4) is 0 Å². The average Bonchev–Trinajstić information content (AvgIpc) is 3.10. The van der Waals surface area contributed by atoms with Crippen LogP contribution >= 0.6 is 0 Å². The predicted molar refractivity (Wildman–Crippen MR) is 241 cm³/mol. The van der Waals surface area contributed by atoms with Gasteiger partial charge in [0.1, 0.15) is 5.78 Å². The summed E-state index contributed by atoms with van der Waals surface area (Å²) in [6.07, 6.45) is 3.21. The van der Waals surface area contributed by atoms with E-state index in [0.29, 0.717) is 39.1 Å². The molecule has 0 saturated heterocycles. The van der Waals surface area contributed by atoms with Crippen molar-refractivity contribution in [2.24, 2.45) is 5.92 Å². The molecule has 0 N–H and O–H groups in total. The Morgan fingerprint density at radius 1 is 0.600 bits per heavy atom. The minimum absolute atomic E-state index is 0.00652. The molecule has 5 nitrogen and oxygen atoms in total. The van der Waals surface area contributed by atoms with Gasteiger partial charge in [-0.3, -0.25) is 4.79 Å². The Morgan fingerprint density at radius 2 is 1.07 bits per heavy atom. The van der Waals surface area contributed by atoms with Crippen molar-refractivity contribution >= 4 is 41.1 Å². The number of rotatable bonds is 21. The van der Waals surface area contributed by atoms with E-state index >= 15 is 0 Å². The lowest BCUT2D eigenvalue weighted by Crippen LogP contribution is -2.67. The topological polar surface area (TPSA) is 54.0 Å². The van der Waals surface area contributed by atoms with Crippen molar-refractivity contribution < 1.29 is 22.8 Å². The fraction of sp³-hybridized carbons (Fsp3) is 0.596. The Labute approximate surface area is 339 Å². The van der Waals surface area contributed by atoms with E-state index in [1.54, 1.807) is 0 Å². The maximum Gasteiger partial charge on any atom is 0.261 e. The van der Waals surface area contributed by atoms with Crippen molar-refractivity contribution in [3.63, 3.8) is 0 Å². The summed E-state index contributed by atoms with van der Waals surface area (Å²) in [4.78, 5) is 13.5. The van der Waals surface area contributed by atoms with Gasteiger partial charge in [-0.1, -0.05) is 160 Å². The molecule has 0 aliphatic carbocycles.